The molecule has 0 saturated carbocycles. The highest BCUT2D eigenvalue weighted by molar-refractivity contribution is 7.89. The molecule has 1 heterocycles. The summed E-state index contributed by atoms with van der Waals surface area (Å²) in [6, 6.07) is 3.17. The van der Waals surface area contributed by atoms with Gasteiger partial charge in [-0.15, -0.1) is 0 Å². The molecule has 0 radical (unpaired) electrons. The van der Waals surface area contributed by atoms with Gasteiger partial charge in [0, 0.05) is 33.0 Å². The minimum Gasteiger partial charge on any atom is -0.385 e. The Hall–Kier alpha value is -1.18. The van der Waals surface area contributed by atoms with Crippen molar-refractivity contribution < 1.29 is 13.2 Å². The lowest BCUT2D eigenvalue weighted by molar-refractivity contribution is 0.192. The van der Waals surface area contributed by atoms with E-state index in [-0.39, 0.29) is 4.90 Å². The average molecular weight is 301 g/mol. The molecule has 0 unspecified atom stereocenters. The summed E-state index contributed by atoms with van der Waals surface area (Å²) in [6.07, 6.45) is 4.23. The molecule has 0 fully saturated rings. The summed E-state index contributed by atoms with van der Waals surface area (Å²) in [4.78, 5) is 4.25. The Labute approximate surface area is 121 Å². The monoisotopic (exact) mass is 301 g/mol. The van der Waals surface area contributed by atoms with Crippen LogP contribution in [0.2, 0.25) is 0 Å². The molecule has 0 saturated heterocycles. The molecule has 2 N–H and O–H groups in total. The highest BCUT2D eigenvalue weighted by Gasteiger charge is 2.18. The van der Waals surface area contributed by atoms with Crippen molar-refractivity contribution in [3.05, 3.63) is 18.3 Å². The third kappa shape index (κ3) is 5.44. The molecule has 0 aliphatic carbocycles. The number of hydrogen-bond donors (Lipinski definition) is 2. The maximum absolute atomic E-state index is 12.2. The molecule has 0 aliphatic rings. The lowest BCUT2D eigenvalue weighted by Crippen LogP contribution is -2.26. The summed E-state index contributed by atoms with van der Waals surface area (Å²) in [5, 5.41) is 2.95. The number of methoxy groups -OCH3 is 1. The third-order valence-corrected chi connectivity index (χ3v) is 4.21. The van der Waals surface area contributed by atoms with Gasteiger partial charge in [0.15, 0.2) is 0 Å². The van der Waals surface area contributed by atoms with E-state index in [0.29, 0.717) is 25.5 Å². The Bertz CT molecular complexity index is 491. The molecule has 0 bridgehead atoms. The predicted molar refractivity (Wildman–Crippen MR) is 79.3 cm³/mol. The molecule has 0 spiro atoms. The Morgan fingerprint density at radius 1 is 1.30 bits per heavy atom. The van der Waals surface area contributed by atoms with Crippen LogP contribution in [0.3, 0.4) is 0 Å². The molecule has 0 amide bonds. The van der Waals surface area contributed by atoms with Gasteiger partial charge in [-0.3, -0.25) is 0 Å². The van der Waals surface area contributed by atoms with Crippen molar-refractivity contribution in [2.75, 3.05) is 32.1 Å². The van der Waals surface area contributed by atoms with Gasteiger partial charge >= 0.3 is 0 Å². The van der Waals surface area contributed by atoms with E-state index < -0.39 is 10.0 Å². The molecule has 20 heavy (non-hydrogen) atoms. The summed E-state index contributed by atoms with van der Waals surface area (Å²) in [5.74, 6) is 0.391. The Morgan fingerprint density at radius 2 is 2.10 bits per heavy atom. The molecule has 6 nitrogen and oxygen atoms in total. The van der Waals surface area contributed by atoms with E-state index in [9.17, 15) is 8.42 Å². The van der Waals surface area contributed by atoms with Crippen molar-refractivity contribution in [1.29, 1.82) is 0 Å². The van der Waals surface area contributed by atoms with Crippen LogP contribution in [0.15, 0.2) is 23.2 Å². The molecule has 0 aliphatic heterocycles. The maximum atomic E-state index is 12.2. The number of unbranched alkanes of at least 4 members (excludes halogenated alkanes) is 2. The van der Waals surface area contributed by atoms with Gasteiger partial charge in [0.25, 0.3) is 0 Å². The van der Waals surface area contributed by atoms with Crippen LogP contribution in [-0.4, -0.2) is 40.2 Å². The molecule has 114 valence electrons. The van der Waals surface area contributed by atoms with E-state index in [2.05, 4.69) is 15.0 Å². The zero-order valence-electron chi connectivity index (χ0n) is 12.1. The van der Waals surface area contributed by atoms with E-state index in [4.69, 9.17) is 4.74 Å². The van der Waals surface area contributed by atoms with Crippen LogP contribution in [0.5, 0.6) is 0 Å². The number of nitrogens with one attached hydrogen (secondary N) is 2. The van der Waals surface area contributed by atoms with Crippen LogP contribution >= 0.6 is 0 Å². The normalized spacial score (nSPS) is 11.5. The summed E-state index contributed by atoms with van der Waals surface area (Å²) < 4.78 is 32.0. The Balaban J connectivity index is 2.56. The molecule has 7 heteroatoms. The second-order valence-corrected chi connectivity index (χ2v) is 6.07. The fourth-order valence-corrected chi connectivity index (χ4v) is 2.95. The molecule has 1 rings (SSSR count). The Morgan fingerprint density at radius 3 is 2.80 bits per heavy atom. The number of sulfonamides is 1. The number of ether oxygens (including phenoxy) is 1. The largest absolute Gasteiger partial charge is 0.385 e. The van der Waals surface area contributed by atoms with Crippen molar-refractivity contribution in [2.45, 2.75) is 31.1 Å². The molecule has 1 aromatic rings. The van der Waals surface area contributed by atoms with Gasteiger partial charge in [0.05, 0.1) is 0 Å². The van der Waals surface area contributed by atoms with Gasteiger partial charge in [-0.05, 0) is 38.3 Å². The summed E-state index contributed by atoms with van der Waals surface area (Å²) in [6.45, 7) is 3.65. The topological polar surface area (TPSA) is 80.3 Å². The predicted octanol–water partition coefficient (Wildman–Crippen LogP) is 1.61. The third-order valence-electron chi connectivity index (χ3n) is 2.72. The first-order valence-electron chi connectivity index (χ1n) is 6.79. The first kappa shape index (κ1) is 16.9. The minimum absolute atomic E-state index is 0.193. The second-order valence-electron chi connectivity index (χ2n) is 4.33. The van der Waals surface area contributed by atoms with Gasteiger partial charge < -0.3 is 10.1 Å². The second kappa shape index (κ2) is 8.89. The van der Waals surface area contributed by atoms with Crippen molar-refractivity contribution in [3.8, 4) is 0 Å². The van der Waals surface area contributed by atoms with E-state index >= 15 is 0 Å². The fraction of sp³-hybridized carbons (Fsp3) is 0.615. The van der Waals surface area contributed by atoms with E-state index in [1.807, 2.05) is 6.92 Å². The summed E-state index contributed by atoms with van der Waals surface area (Å²) in [5.41, 5.74) is 0. The molecular weight excluding hydrogens is 278 g/mol. The van der Waals surface area contributed by atoms with Crippen LogP contribution in [0.1, 0.15) is 26.2 Å². The first-order valence-corrected chi connectivity index (χ1v) is 8.27. The number of anilines is 1. The summed E-state index contributed by atoms with van der Waals surface area (Å²) in [7, 11) is -1.85. The maximum Gasteiger partial charge on any atom is 0.244 e. The SMILES string of the molecule is CCNc1ncccc1S(=O)(=O)NCCCCCOC. The van der Waals surface area contributed by atoms with Crippen LogP contribution in [-0.2, 0) is 14.8 Å². The molecule has 0 aromatic carbocycles. The lowest BCUT2D eigenvalue weighted by atomic mass is 10.2. The van der Waals surface area contributed by atoms with E-state index in [1.165, 1.54) is 0 Å². The van der Waals surface area contributed by atoms with Crippen LogP contribution in [0.4, 0.5) is 5.82 Å². The average Bonchev–Trinajstić information content (AvgIpc) is 2.43. The van der Waals surface area contributed by atoms with Gasteiger partial charge in [0.1, 0.15) is 10.7 Å². The van der Waals surface area contributed by atoms with Gasteiger partial charge in [-0.1, -0.05) is 0 Å². The quantitative estimate of drug-likeness (QED) is 0.642. The Kier molecular flexibility index (Phi) is 7.50. The number of nitrogens with zero attached hydrogens (tertiary/aromatic N) is 1. The smallest absolute Gasteiger partial charge is 0.244 e. The van der Waals surface area contributed by atoms with Crippen molar-refractivity contribution in [2.24, 2.45) is 0 Å². The fourth-order valence-electron chi connectivity index (χ4n) is 1.74. The number of pyridine rings is 1. The summed E-state index contributed by atoms with van der Waals surface area (Å²) >= 11 is 0. The number of hydrogen-bond acceptors (Lipinski definition) is 5. The number of aromatic nitrogens is 1. The molecule has 1 aromatic heterocycles. The van der Waals surface area contributed by atoms with Crippen LogP contribution < -0.4 is 10.0 Å². The van der Waals surface area contributed by atoms with Crippen molar-refractivity contribution in [3.63, 3.8) is 0 Å². The van der Waals surface area contributed by atoms with Crippen molar-refractivity contribution in [1.82, 2.24) is 9.71 Å². The van der Waals surface area contributed by atoms with Crippen LogP contribution in [0, 0.1) is 0 Å². The zero-order chi connectivity index (χ0) is 14.8. The van der Waals surface area contributed by atoms with Crippen molar-refractivity contribution >= 4 is 15.8 Å². The highest BCUT2D eigenvalue weighted by atomic mass is 32.2. The molecular formula is C13H23N3O3S. The highest BCUT2D eigenvalue weighted by Crippen LogP contribution is 2.17. The standard InChI is InChI=1S/C13H23N3O3S/c1-3-14-13-12(8-7-9-15-13)20(17,18)16-10-5-4-6-11-19-2/h7-9,16H,3-6,10-11H2,1-2H3,(H,14,15). The van der Waals surface area contributed by atoms with Crippen LogP contribution in [0.25, 0.3) is 0 Å². The lowest BCUT2D eigenvalue weighted by Gasteiger charge is -2.11. The number of rotatable bonds is 10. The van der Waals surface area contributed by atoms with E-state index in [0.717, 1.165) is 19.3 Å². The van der Waals surface area contributed by atoms with Gasteiger partial charge in [-0.25, -0.2) is 18.1 Å². The van der Waals surface area contributed by atoms with Gasteiger partial charge in [0.2, 0.25) is 10.0 Å². The first-order chi connectivity index (χ1) is 9.61. The zero-order valence-corrected chi connectivity index (χ0v) is 12.9. The minimum atomic E-state index is -3.51. The van der Waals surface area contributed by atoms with Gasteiger partial charge in [-0.2, -0.15) is 0 Å². The van der Waals surface area contributed by atoms with E-state index in [1.54, 1.807) is 25.4 Å². The molecule has 0 atom stereocenters.